The molecule has 4 aromatic rings. The number of nitrogens with two attached hydrogens (primary N) is 1. The molecule has 2 aromatic carbocycles. The fraction of sp³-hybridized carbons (Fsp3) is 0.300. The molecule has 41 heavy (non-hydrogen) atoms. The molecular weight excluding hydrogens is 577 g/mol. The van der Waals surface area contributed by atoms with Crippen molar-refractivity contribution in [3.05, 3.63) is 82.0 Å². The highest BCUT2D eigenvalue weighted by atomic mass is 35.5. The van der Waals surface area contributed by atoms with Crippen molar-refractivity contribution < 1.29 is 14.6 Å². The number of hydrogen-bond acceptors (Lipinski definition) is 5. The highest BCUT2D eigenvalue weighted by Crippen LogP contribution is 2.42. The van der Waals surface area contributed by atoms with Gasteiger partial charge in [0.15, 0.2) is 5.15 Å². The molecule has 2 heterocycles. The molecule has 8 nitrogen and oxygen atoms in total. The Morgan fingerprint density at radius 2 is 1.90 bits per heavy atom. The normalized spacial score (nSPS) is 14.7. The van der Waals surface area contributed by atoms with Crippen molar-refractivity contribution in [3.8, 4) is 22.4 Å². The van der Waals surface area contributed by atoms with Crippen molar-refractivity contribution in [1.29, 1.82) is 0 Å². The van der Waals surface area contributed by atoms with E-state index >= 15 is 0 Å². The summed E-state index contributed by atoms with van der Waals surface area (Å²) in [4.78, 5) is 20.8. The molecule has 1 atom stereocenters. The monoisotopic (exact) mass is 609 g/mol. The van der Waals surface area contributed by atoms with E-state index in [9.17, 15) is 4.79 Å². The SMILES string of the molecule is C[Si](C)(C)CCOCn1c(C2CCc3cc(-c4cc(Cl)ccc4N)cnc32)nc(Cl)c1-c1ccc(NC(=O)O)cc1. The van der Waals surface area contributed by atoms with E-state index in [0.29, 0.717) is 34.9 Å². The number of carbonyl (C=O) groups is 1. The van der Waals surface area contributed by atoms with Crippen molar-refractivity contribution in [1.82, 2.24) is 14.5 Å². The van der Waals surface area contributed by atoms with E-state index < -0.39 is 14.2 Å². The Kier molecular flexibility index (Phi) is 8.42. The van der Waals surface area contributed by atoms with Gasteiger partial charge in [-0.1, -0.05) is 55.0 Å². The molecule has 2 aromatic heterocycles. The van der Waals surface area contributed by atoms with Crippen molar-refractivity contribution in [2.75, 3.05) is 17.7 Å². The molecule has 0 saturated carbocycles. The van der Waals surface area contributed by atoms with Gasteiger partial charge in [-0.15, -0.1) is 0 Å². The fourth-order valence-electron chi connectivity index (χ4n) is 5.13. The van der Waals surface area contributed by atoms with Gasteiger partial charge >= 0.3 is 6.09 Å². The third kappa shape index (κ3) is 6.59. The molecule has 0 saturated heterocycles. The third-order valence-electron chi connectivity index (χ3n) is 7.25. The summed E-state index contributed by atoms with van der Waals surface area (Å²) in [6.45, 7) is 7.91. The predicted octanol–water partition coefficient (Wildman–Crippen LogP) is 7.98. The number of rotatable bonds is 9. The molecule has 0 bridgehead atoms. The Morgan fingerprint density at radius 3 is 2.61 bits per heavy atom. The zero-order chi connectivity index (χ0) is 29.3. The van der Waals surface area contributed by atoms with E-state index in [1.165, 1.54) is 0 Å². The Balaban J connectivity index is 1.50. The minimum absolute atomic E-state index is 0.0597. The van der Waals surface area contributed by atoms with Crippen molar-refractivity contribution in [2.24, 2.45) is 0 Å². The number of halogens is 2. The Labute approximate surface area is 250 Å². The number of nitrogens with one attached hydrogen (secondary N) is 1. The predicted molar refractivity (Wildman–Crippen MR) is 168 cm³/mol. The molecule has 1 amide bonds. The summed E-state index contributed by atoms with van der Waals surface area (Å²) in [7, 11) is -1.27. The lowest BCUT2D eigenvalue weighted by molar-refractivity contribution is 0.0857. The lowest BCUT2D eigenvalue weighted by Gasteiger charge is -2.19. The Bertz CT molecular complexity index is 1580. The largest absolute Gasteiger partial charge is 0.465 e. The van der Waals surface area contributed by atoms with Crippen molar-refractivity contribution >= 4 is 48.7 Å². The van der Waals surface area contributed by atoms with Gasteiger partial charge in [-0.25, -0.2) is 9.78 Å². The number of anilines is 2. The summed E-state index contributed by atoms with van der Waals surface area (Å²) in [5.74, 6) is 0.738. The number of carboxylic acid groups (broad SMARTS) is 1. The van der Waals surface area contributed by atoms with Crippen LogP contribution in [0.3, 0.4) is 0 Å². The molecule has 214 valence electrons. The maximum atomic E-state index is 11.1. The number of nitrogens with zero attached hydrogens (tertiary/aromatic N) is 3. The lowest BCUT2D eigenvalue weighted by atomic mass is 10.0. The average Bonchev–Trinajstić information content (AvgIpc) is 3.47. The number of ether oxygens (including phenoxy) is 1. The van der Waals surface area contributed by atoms with E-state index in [1.807, 2.05) is 29.0 Å². The van der Waals surface area contributed by atoms with Gasteiger partial charge in [-0.05, 0) is 60.8 Å². The highest BCUT2D eigenvalue weighted by Gasteiger charge is 2.32. The van der Waals surface area contributed by atoms with Crippen LogP contribution in [0.4, 0.5) is 16.2 Å². The van der Waals surface area contributed by atoms with Crippen LogP contribution in [-0.4, -0.2) is 40.4 Å². The second kappa shape index (κ2) is 11.9. The van der Waals surface area contributed by atoms with Crippen LogP contribution in [0.1, 0.15) is 29.4 Å². The molecule has 0 fully saturated rings. The van der Waals surface area contributed by atoms with Crippen LogP contribution in [0.5, 0.6) is 0 Å². The molecule has 1 aliphatic carbocycles. The topological polar surface area (TPSA) is 115 Å². The number of imidazole rings is 1. The molecule has 0 aliphatic heterocycles. The van der Waals surface area contributed by atoms with Crippen LogP contribution in [-0.2, 0) is 17.9 Å². The summed E-state index contributed by atoms with van der Waals surface area (Å²) in [5, 5.41) is 12.4. The summed E-state index contributed by atoms with van der Waals surface area (Å²) in [6, 6.07) is 15.7. The van der Waals surface area contributed by atoms with E-state index in [0.717, 1.165) is 58.4 Å². The van der Waals surface area contributed by atoms with Gasteiger partial charge in [0.2, 0.25) is 0 Å². The smallest absolute Gasteiger partial charge is 0.409 e. The highest BCUT2D eigenvalue weighted by molar-refractivity contribution is 6.76. The second-order valence-electron chi connectivity index (χ2n) is 11.5. The van der Waals surface area contributed by atoms with E-state index in [1.54, 1.807) is 24.3 Å². The summed E-state index contributed by atoms with van der Waals surface area (Å²) < 4.78 is 8.24. The lowest BCUT2D eigenvalue weighted by Crippen LogP contribution is -2.22. The van der Waals surface area contributed by atoms with Crippen LogP contribution in [0.2, 0.25) is 35.9 Å². The fourth-order valence-corrected chi connectivity index (χ4v) is 6.36. The first kappa shape index (κ1) is 29.1. The van der Waals surface area contributed by atoms with Gasteiger partial charge in [0.1, 0.15) is 12.6 Å². The zero-order valence-corrected chi connectivity index (χ0v) is 25.8. The third-order valence-corrected chi connectivity index (χ3v) is 9.46. The van der Waals surface area contributed by atoms with Crippen molar-refractivity contribution in [3.63, 3.8) is 0 Å². The van der Waals surface area contributed by atoms with Gasteiger partial charge in [0.25, 0.3) is 0 Å². The quantitative estimate of drug-likeness (QED) is 0.101. The number of nitrogen functional groups attached to an aromatic ring is 1. The van der Waals surface area contributed by atoms with Crippen molar-refractivity contribution in [2.45, 2.75) is 51.2 Å². The van der Waals surface area contributed by atoms with Crippen LogP contribution in [0, 0.1) is 0 Å². The summed E-state index contributed by atoms with van der Waals surface area (Å²) in [6.07, 6.45) is 2.40. The van der Waals surface area contributed by atoms with Gasteiger partial charge in [0, 0.05) is 54.0 Å². The first-order chi connectivity index (χ1) is 19.5. The maximum Gasteiger partial charge on any atom is 0.409 e. The van der Waals surface area contributed by atoms with E-state index in [2.05, 4.69) is 31.0 Å². The number of fused-ring (bicyclic) bond motifs is 1. The molecule has 0 radical (unpaired) electrons. The maximum absolute atomic E-state index is 11.1. The zero-order valence-electron chi connectivity index (χ0n) is 23.2. The Hall–Kier alpha value is -3.37. The molecular formula is C30H33Cl2N5O3Si. The molecule has 5 rings (SSSR count). The molecule has 11 heteroatoms. The number of hydrogen-bond donors (Lipinski definition) is 3. The molecule has 4 N–H and O–H groups in total. The summed E-state index contributed by atoms with van der Waals surface area (Å²) >= 11 is 13.0. The van der Waals surface area contributed by atoms with E-state index in [4.69, 9.17) is 48.7 Å². The number of benzene rings is 2. The Morgan fingerprint density at radius 1 is 1.15 bits per heavy atom. The standard InChI is InChI=1S/C30H33Cl2N5O3Si/c1-41(2,3)13-12-40-17-37-27(18-4-8-22(9-5-18)35-30(38)39)28(32)36-29(37)23-10-6-19-14-20(16-34-26(19)23)24-15-21(31)7-11-25(24)33/h4-5,7-9,11,14-16,23,35H,6,10,12-13,17,33H2,1-3H3,(H,38,39). The number of aromatic nitrogens is 3. The molecule has 1 unspecified atom stereocenters. The van der Waals surface area contributed by atoms with E-state index in [-0.39, 0.29) is 5.92 Å². The van der Waals surface area contributed by atoms with Gasteiger partial charge in [-0.3, -0.25) is 10.3 Å². The first-order valence-electron chi connectivity index (χ1n) is 13.5. The number of amides is 1. The van der Waals surface area contributed by atoms with Gasteiger partial charge in [-0.2, -0.15) is 0 Å². The molecule has 0 spiro atoms. The van der Waals surface area contributed by atoms with Gasteiger partial charge in [0.05, 0.1) is 17.3 Å². The first-order valence-corrected chi connectivity index (χ1v) is 17.9. The number of aryl methyl sites for hydroxylation is 1. The average molecular weight is 611 g/mol. The van der Waals surface area contributed by atoms with Crippen LogP contribution >= 0.6 is 23.2 Å². The summed E-state index contributed by atoms with van der Waals surface area (Å²) in [5.41, 5.74) is 12.8. The molecule has 1 aliphatic rings. The van der Waals surface area contributed by atoms with Gasteiger partial charge < -0.3 is 20.1 Å². The minimum atomic E-state index is -1.27. The second-order valence-corrected chi connectivity index (χ2v) is 17.9. The minimum Gasteiger partial charge on any atom is -0.465 e. The van der Waals surface area contributed by atoms with Crippen LogP contribution in [0.25, 0.3) is 22.4 Å². The number of pyridine rings is 1. The van der Waals surface area contributed by atoms with Crippen LogP contribution < -0.4 is 11.1 Å². The van der Waals surface area contributed by atoms with Crippen LogP contribution in [0.15, 0.2) is 54.7 Å².